The Morgan fingerprint density at radius 1 is 1.03 bits per heavy atom. The zero-order valence-electron chi connectivity index (χ0n) is 14.8. The fraction of sp³-hybridized carbons (Fsp3) is 0.158. The maximum atomic E-state index is 15.9. The van der Waals surface area contributed by atoms with Crippen LogP contribution in [-0.4, -0.2) is 21.6 Å². The summed E-state index contributed by atoms with van der Waals surface area (Å²) < 4.78 is 104. The molecule has 1 N–H and O–H groups in total. The van der Waals surface area contributed by atoms with Gasteiger partial charge in [-0.3, -0.25) is 0 Å². The third-order valence-electron chi connectivity index (χ3n) is 4.37. The van der Waals surface area contributed by atoms with Crippen LogP contribution in [-0.2, 0) is 15.7 Å². The highest BCUT2D eigenvalue weighted by Gasteiger charge is 2.52. The van der Waals surface area contributed by atoms with Gasteiger partial charge in [0.25, 0.3) is 0 Å². The van der Waals surface area contributed by atoms with Crippen molar-refractivity contribution in [2.45, 2.75) is 16.6 Å². The number of rotatable bonds is 5. The van der Waals surface area contributed by atoms with Crippen molar-refractivity contribution in [3.05, 3.63) is 83.5 Å². The third-order valence-corrected chi connectivity index (χ3v) is 5.83. The summed E-state index contributed by atoms with van der Waals surface area (Å²) in [6.45, 7) is 0. The molecule has 29 heavy (non-hydrogen) atoms. The van der Waals surface area contributed by atoms with Crippen molar-refractivity contribution in [3.63, 3.8) is 0 Å². The molecule has 0 amide bonds. The van der Waals surface area contributed by atoms with Gasteiger partial charge in [-0.15, -0.1) is 0 Å². The van der Waals surface area contributed by atoms with E-state index in [9.17, 15) is 26.0 Å². The topological polar surface area (TPSA) is 55.4 Å². The molecule has 10 heteroatoms. The molecule has 1 aliphatic carbocycles. The first kappa shape index (κ1) is 21.0. The number of allylic oxidation sites excluding steroid dienone is 2. The van der Waals surface area contributed by atoms with E-state index in [4.69, 9.17) is 4.74 Å². The van der Waals surface area contributed by atoms with Crippen molar-refractivity contribution in [2.24, 2.45) is 0 Å². The largest absolute Gasteiger partial charge is 0.494 e. The Hall–Kier alpha value is -2.72. The molecule has 0 heterocycles. The fourth-order valence-electron chi connectivity index (χ4n) is 2.88. The minimum absolute atomic E-state index is 0.273. The molecule has 0 fully saturated rings. The second-order valence-corrected chi connectivity index (χ2v) is 7.83. The van der Waals surface area contributed by atoms with Gasteiger partial charge in [0.15, 0.2) is 29.0 Å². The van der Waals surface area contributed by atoms with Gasteiger partial charge in [-0.2, -0.15) is 0 Å². The maximum absolute atomic E-state index is 15.9. The van der Waals surface area contributed by atoms with E-state index in [1.807, 2.05) is 4.72 Å². The van der Waals surface area contributed by atoms with Crippen LogP contribution in [0.3, 0.4) is 0 Å². The molecule has 0 aromatic heterocycles. The van der Waals surface area contributed by atoms with Gasteiger partial charge >= 0.3 is 0 Å². The van der Waals surface area contributed by atoms with Crippen LogP contribution in [0.25, 0.3) is 0 Å². The Morgan fingerprint density at radius 2 is 1.69 bits per heavy atom. The molecule has 0 bridgehead atoms. The summed E-state index contributed by atoms with van der Waals surface area (Å²) in [5, 5.41) is 0. The Bertz CT molecular complexity index is 1100. The van der Waals surface area contributed by atoms with Crippen LogP contribution in [0.15, 0.2) is 77.0 Å². The number of methoxy groups -OCH3 is 1. The highest BCUT2D eigenvalue weighted by Crippen LogP contribution is 2.47. The van der Waals surface area contributed by atoms with Crippen LogP contribution in [0.2, 0.25) is 0 Å². The van der Waals surface area contributed by atoms with Crippen molar-refractivity contribution >= 4 is 10.0 Å². The van der Waals surface area contributed by atoms with E-state index in [-0.39, 0.29) is 11.0 Å². The number of nitrogens with one attached hydrogen (secondary N) is 1. The zero-order chi connectivity index (χ0) is 21.4. The summed E-state index contributed by atoms with van der Waals surface area (Å²) in [6.07, 6.45) is 0.273. The zero-order valence-corrected chi connectivity index (χ0v) is 15.6. The molecular weight excluding hydrogens is 417 g/mol. The van der Waals surface area contributed by atoms with Gasteiger partial charge in [0.05, 0.1) is 18.0 Å². The first-order valence-electron chi connectivity index (χ1n) is 8.15. The second-order valence-electron chi connectivity index (χ2n) is 6.12. The predicted octanol–water partition coefficient (Wildman–Crippen LogP) is 4.36. The van der Waals surface area contributed by atoms with Crippen molar-refractivity contribution in [1.29, 1.82) is 0 Å². The van der Waals surface area contributed by atoms with Gasteiger partial charge in [-0.05, 0) is 30.3 Å². The molecule has 1 aliphatic rings. The number of ether oxygens (including phenoxy) is 1. The molecule has 4 nitrogen and oxygen atoms in total. The van der Waals surface area contributed by atoms with E-state index in [0.717, 1.165) is 25.3 Å². The average Bonchev–Trinajstić information content (AvgIpc) is 2.71. The van der Waals surface area contributed by atoms with E-state index < -0.39 is 56.3 Å². The quantitative estimate of drug-likeness (QED) is 0.716. The van der Waals surface area contributed by atoms with Crippen molar-refractivity contribution < 1.29 is 35.1 Å². The van der Waals surface area contributed by atoms with Crippen LogP contribution in [0.5, 0.6) is 5.75 Å². The van der Waals surface area contributed by atoms with Crippen LogP contribution in [0, 0.1) is 5.82 Å². The number of sulfonamides is 1. The summed E-state index contributed by atoms with van der Waals surface area (Å²) in [5.41, 5.74) is -4.17. The molecule has 3 rings (SSSR count). The molecule has 0 spiro atoms. The molecule has 0 saturated carbocycles. The van der Waals surface area contributed by atoms with Gasteiger partial charge in [0, 0.05) is 5.56 Å². The Kier molecular flexibility index (Phi) is 5.50. The lowest BCUT2D eigenvalue weighted by molar-refractivity contribution is 0.134. The molecular formula is C19H14F5NO3S. The lowest BCUT2D eigenvalue weighted by Gasteiger charge is -2.34. The van der Waals surface area contributed by atoms with Gasteiger partial charge in [0.1, 0.15) is 0 Å². The number of benzene rings is 2. The third kappa shape index (κ3) is 3.65. The molecule has 0 saturated heterocycles. The van der Waals surface area contributed by atoms with Crippen molar-refractivity contribution in [2.75, 3.05) is 7.11 Å². The first-order valence-corrected chi connectivity index (χ1v) is 9.63. The first-order chi connectivity index (χ1) is 13.6. The monoisotopic (exact) mass is 431 g/mol. The normalized spacial score (nSPS) is 22.4. The lowest BCUT2D eigenvalue weighted by atomic mass is 9.83. The van der Waals surface area contributed by atoms with Crippen molar-refractivity contribution in [1.82, 2.24) is 4.72 Å². The lowest BCUT2D eigenvalue weighted by Crippen LogP contribution is -2.49. The van der Waals surface area contributed by atoms with E-state index in [1.54, 1.807) is 0 Å². The number of halogens is 5. The highest BCUT2D eigenvalue weighted by molar-refractivity contribution is 7.89. The Labute approximate surface area is 163 Å². The average molecular weight is 431 g/mol. The molecule has 154 valence electrons. The van der Waals surface area contributed by atoms with Gasteiger partial charge in [0.2, 0.25) is 15.7 Å². The smallest absolute Gasteiger partial charge is 0.241 e. The molecule has 0 radical (unpaired) electrons. The van der Waals surface area contributed by atoms with E-state index in [2.05, 4.69) is 0 Å². The van der Waals surface area contributed by atoms with E-state index in [1.165, 1.54) is 30.3 Å². The Balaban J connectivity index is 2.14. The van der Waals surface area contributed by atoms with Crippen LogP contribution in [0.4, 0.5) is 22.0 Å². The van der Waals surface area contributed by atoms with Crippen molar-refractivity contribution in [3.8, 4) is 5.75 Å². The summed E-state index contributed by atoms with van der Waals surface area (Å²) >= 11 is 0. The Morgan fingerprint density at radius 3 is 2.31 bits per heavy atom. The van der Waals surface area contributed by atoms with Crippen LogP contribution in [0.1, 0.15) is 5.56 Å². The molecule has 2 unspecified atom stereocenters. The minimum atomic E-state index is -4.45. The number of alkyl halides is 1. The van der Waals surface area contributed by atoms with Gasteiger partial charge < -0.3 is 4.74 Å². The summed E-state index contributed by atoms with van der Waals surface area (Å²) in [5.74, 6) is -7.49. The van der Waals surface area contributed by atoms with E-state index in [0.29, 0.717) is 0 Å². The van der Waals surface area contributed by atoms with E-state index >= 15 is 4.39 Å². The molecule has 2 atom stereocenters. The molecule has 2 aromatic carbocycles. The SMILES string of the molecule is COc1cc(C2(F)C(F)=C(F)C(F)=CC2NS(=O)(=O)c2ccccc2)ccc1F. The van der Waals surface area contributed by atoms with Crippen LogP contribution >= 0.6 is 0 Å². The molecule has 0 aliphatic heterocycles. The van der Waals surface area contributed by atoms with Gasteiger partial charge in [-0.1, -0.05) is 24.3 Å². The van der Waals surface area contributed by atoms with Crippen LogP contribution < -0.4 is 9.46 Å². The second kappa shape index (κ2) is 7.60. The minimum Gasteiger partial charge on any atom is -0.494 e. The number of hydrogen-bond acceptors (Lipinski definition) is 3. The molecule has 2 aromatic rings. The fourth-order valence-corrected chi connectivity index (χ4v) is 4.09. The highest BCUT2D eigenvalue weighted by atomic mass is 32.2. The maximum Gasteiger partial charge on any atom is 0.241 e. The number of hydrogen-bond donors (Lipinski definition) is 1. The summed E-state index contributed by atoms with van der Waals surface area (Å²) in [4.78, 5) is -0.303. The van der Waals surface area contributed by atoms with Gasteiger partial charge in [-0.25, -0.2) is 35.1 Å². The summed E-state index contributed by atoms with van der Waals surface area (Å²) in [6, 6.07) is 6.72. The standard InChI is InChI=1S/C19H14F5NO3S/c1-28-15-9-11(7-8-13(15)20)19(24)16(10-14(21)17(22)18(19)23)25-29(26,27)12-5-3-2-4-6-12/h2-10,16,25H,1H3. The predicted molar refractivity (Wildman–Crippen MR) is 94.7 cm³/mol. The summed E-state index contributed by atoms with van der Waals surface area (Å²) in [7, 11) is -3.38.